The van der Waals surface area contributed by atoms with Crippen LogP contribution in [0.15, 0.2) is 0 Å². The van der Waals surface area contributed by atoms with Crippen molar-refractivity contribution in [3.05, 3.63) is 0 Å². The summed E-state index contributed by atoms with van der Waals surface area (Å²) in [4.78, 5) is 0. The molecule has 0 aliphatic heterocycles. The summed E-state index contributed by atoms with van der Waals surface area (Å²) in [7, 11) is 0. The first-order valence-corrected chi connectivity index (χ1v) is 5.55. The zero-order valence-electron chi connectivity index (χ0n) is 8.81. The smallest absolute Gasteiger partial charge is 0.00773 e. The lowest BCUT2D eigenvalue weighted by atomic mass is 9.96. The molecule has 0 bridgehead atoms. The van der Waals surface area contributed by atoms with Gasteiger partial charge in [-0.1, -0.05) is 52.4 Å². The van der Waals surface area contributed by atoms with Crippen LogP contribution in [0.25, 0.3) is 0 Å². The van der Waals surface area contributed by atoms with Crippen LogP contribution >= 0.6 is 0 Å². The fourth-order valence-electron chi connectivity index (χ4n) is 1.63. The maximum atomic E-state index is 5.42. The van der Waals surface area contributed by atoms with Crippen molar-refractivity contribution in [1.82, 2.24) is 0 Å². The van der Waals surface area contributed by atoms with E-state index in [4.69, 9.17) is 5.73 Å². The molecule has 2 N–H and O–H groups in total. The Labute approximate surface area is 77.7 Å². The van der Waals surface area contributed by atoms with Crippen molar-refractivity contribution in [1.29, 1.82) is 0 Å². The predicted octanol–water partition coefficient (Wildman–Crippen LogP) is 3.33. The lowest BCUT2D eigenvalue weighted by Crippen LogP contribution is -1.99. The van der Waals surface area contributed by atoms with Crippen molar-refractivity contribution >= 4 is 0 Å². The Morgan fingerprint density at radius 2 is 1.50 bits per heavy atom. The van der Waals surface area contributed by atoms with Gasteiger partial charge in [-0.15, -0.1) is 0 Å². The summed E-state index contributed by atoms with van der Waals surface area (Å²) >= 11 is 0. The van der Waals surface area contributed by atoms with Crippen LogP contribution in [0.3, 0.4) is 0 Å². The lowest BCUT2D eigenvalue weighted by Gasteiger charge is -2.10. The fourth-order valence-corrected chi connectivity index (χ4v) is 1.63. The summed E-state index contributed by atoms with van der Waals surface area (Å²) in [6, 6.07) is 0. The highest BCUT2D eigenvalue weighted by atomic mass is 14.5. The van der Waals surface area contributed by atoms with E-state index in [1.807, 2.05) is 0 Å². The maximum Gasteiger partial charge on any atom is -0.00773 e. The summed E-state index contributed by atoms with van der Waals surface area (Å²) in [6.07, 6.45) is 9.47. The normalized spacial score (nSPS) is 11.0. The SMILES string of the molecule is CCC(CC)CCCCCCN. The maximum absolute atomic E-state index is 5.42. The van der Waals surface area contributed by atoms with E-state index in [-0.39, 0.29) is 0 Å². The minimum Gasteiger partial charge on any atom is -0.330 e. The van der Waals surface area contributed by atoms with Crippen molar-refractivity contribution in [2.45, 2.75) is 58.8 Å². The average molecular weight is 171 g/mol. The highest BCUT2D eigenvalue weighted by molar-refractivity contribution is 4.55. The largest absolute Gasteiger partial charge is 0.330 e. The first kappa shape index (κ1) is 12.0. The van der Waals surface area contributed by atoms with Crippen LogP contribution in [0.2, 0.25) is 0 Å². The molecule has 0 saturated heterocycles. The van der Waals surface area contributed by atoms with Crippen LogP contribution in [0.1, 0.15) is 58.8 Å². The zero-order valence-corrected chi connectivity index (χ0v) is 8.81. The summed E-state index contributed by atoms with van der Waals surface area (Å²) in [5.74, 6) is 0.975. The van der Waals surface area contributed by atoms with Crippen molar-refractivity contribution < 1.29 is 0 Å². The summed E-state index contributed by atoms with van der Waals surface area (Å²) in [5.41, 5.74) is 5.42. The minimum absolute atomic E-state index is 0.866. The molecule has 74 valence electrons. The molecule has 0 amide bonds. The van der Waals surface area contributed by atoms with Gasteiger partial charge in [-0.05, 0) is 18.9 Å². The van der Waals surface area contributed by atoms with Gasteiger partial charge in [-0.2, -0.15) is 0 Å². The number of hydrogen-bond donors (Lipinski definition) is 1. The van der Waals surface area contributed by atoms with Crippen molar-refractivity contribution in [3.8, 4) is 0 Å². The Kier molecular flexibility index (Phi) is 9.02. The van der Waals surface area contributed by atoms with Gasteiger partial charge in [-0.25, -0.2) is 0 Å². The van der Waals surface area contributed by atoms with Crippen molar-refractivity contribution in [2.75, 3.05) is 6.54 Å². The Balaban J connectivity index is 3.06. The third-order valence-corrected chi connectivity index (χ3v) is 2.72. The molecule has 0 unspecified atom stereocenters. The van der Waals surface area contributed by atoms with Crippen LogP contribution < -0.4 is 5.73 Å². The summed E-state index contributed by atoms with van der Waals surface area (Å²) < 4.78 is 0. The molecule has 0 heterocycles. The Morgan fingerprint density at radius 3 is 2.00 bits per heavy atom. The van der Waals surface area contributed by atoms with Crippen molar-refractivity contribution in [2.24, 2.45) is 11.7 Å². The Hall–Kier alpha value is -0.0400. The molecule has 0 spiro atoms. The number of unbranched alkanes of at least 4 members (excludes halogenated alkanes) is 3. The van der Waals surface area contributed by atoms with Gasteiger partial charge in [0.25, 0.3) is 0 Å². The molecular formula is C11H25N. The van der Waals surface area contributed by atoms with E-state index in [0.717, 1.165) is 12.5 Å². The van der Waals surface area contributed by atoms with Crippen LogP contribution in [0.5, 0.6) is 0 Å². The van der Waals surface area contributed by atoms with Crippen LogP contribution in [0.4, 0.5) is 0 Å². The Morgan fingerprint density at radius 1 is 0.917 bits per heavy atom. The minimum atomic E-state index is 0.866. The molecule has 0 fully saturated rings. The number of rotatable bonds is 8. The van der Waals surface area contributed by atoms with E-state index in [1.165, 1.54) is 44.9 Å². The van der Waals surface area contributed by atoms with Gasteiger partial charge in [-0.3, -0.25) is 0 Å². The van der Waals surface area contributed by atoms with Crippen LogP contribution in [0, 0.1) is 5.92 Å². The molecule has 1 nitrogen and oxygen atoms in total. The second-order valence-electron chi connectivity index (χ2n) is 3.67. The van der Waals surface area contributed by atoms with Gasteiger partial charge in [0.05, 0.1) is 0 Å². The fraction of sp³-hybridized carbons (Fsp3) is 1.00. The highest BCUT2D eigenvalue weighted by Crippen LogP contribution is 2.16. The highest BCUT2D eigenvalue weighted by Gasteiger charge is 2.01. The van der Waals surface area contributed by atoms with E-state index >= 15 is 0 Å². The summed E-state index contributed by atoms with van der Waals surface area (Å²) in [6.45, 7) is 5.47. The van der Waals surface area contributed by atoms with E-state index in [1.54, 1.807) is 0 Å². The summed E-state index contributed by atoms with van der Waals surface area (Å²) in [5, 5.41) is 0. The molecule has 0 aromatic carbocycles. The standard InChI is InChI=1S/C11H25N/c1-3-11(4-2)9-7-5-6-8-10-12/h11H,3-10,12H2,1-2H3. The van der Waals surface area contributed by atoms with Gasteiger partial charge >= 0.3 is 0 Å². The van der Waals surface area contributed by atoms with Gasteiger partial charge in [0.15, 0.2) is 0 Å². The molecule has 0 saturated carbocycles. The van der Waals surface area contributed by atoms with Gasteiger partial charge < -0.3 is 5.73 Å². The third-order valence-electron chi connectivity index (χ3n) is 2.72. The van der Waals surface area contributed by atoms with Gasteiger partial charge in [0.1, 0.15) is 0 Å². The van der Waals surface area contributed by atoms with Crippen molar-refractivity contribution in [3.63, 3.8) is 0 Å². The molecule has 0 radical (unpaired) electrons. The van der Waals surface area contributed by atoms with Gasteiger partial charge in [0, 0.05) is 0 Å². The molecule has 0 aliphatic carbocycles. The van der Waals surface area contributed by atoms with E-state index in [9.17, 15) is 0 Å². The topological polar surface area (TPSA) is 26.0 Å². The quantitative estimate of drug-likeness (QED) is 0.557. The Bertz CT molecular complexity index is 77.1. The molecule has 0 atom stereocenters. The predicted molar refractivity (Wildman–Crippen MR) is 56.2 cm³/mol. The zero-order chi connectivity index (χ0) is 9.23. The molecule has 1 heteroatoms. The molecular weight excluding hydrogens is 146 g/mol. The lowest BCUT2D eigenvalue weighted by molar-refractivity contribution is 0.428. The van der Waals surface area contributed by atoms with Gasteiger partial charge in [0.2, 0.25) is 0 Å². The van der Waals surface area contributed by atoms with Crippen LogP contribution in [-0.4, -0.2) is 6.54 Å². The second kappa shape index (κ2) is 9.05. The molecule has 0 aromatic heterocycles. The molecule has 0 aliphatic rings. The first-order valence-electron chi connectivity index (χ1n) is 5.55. The third kappa shape index (κ3) is 6.66. The first-order chi connectivity index (χ1) is 5.85. The van der Waals surface area contributed by atoms with E-state index in [0.29, 0.717) is 0 Å². The number of nitrogens with two attached hydrogens (primary N) is 1. The average Bonchev–Trinajstić information content (AvgIpc) is 2.11. The number of hydrogen-bond acceptors (Lipinski definition) is 1. The molecule has 0 aromatic rings. The van der Waals surface area contributed by atoms with E-state index in [2.05, 4.69) is 13.8 Å². The molecule has 12 heavy (non-hydrogen) atoms. The second-order valence-corrected chi connectivity index (χ2v) is 3.67. The van der Waals surface area contributed by atoms with Crippen LogP contribution in [-0.2, 0) is 0 Å². The van der Waals surface area contributed by atoms with E-state index < -0.39 is 0 Å². The monoisotopic (exact) mass is 171 g/mol. The molecule has 0 rings (SSSR count).